The first kappa shape index (κ1) is 18.4. The fourth-order valence-electron chi connectivity index (χ4n) is 2.88. The lowest BCUT2D eigenvalue weighted by Crippen LogP contribution is -2.33. The Morgan fingerprint density at radius 1 is 1.15 bits per heavy atom. The van der Waals surface area contributed by atoms with Gasteiger partial charge in [-0.2, -0.15) is 13.2 Å². The van der Waals surface area contributed by atoms with Crippen LogP contribution in [0, 0.1) is 0 Å². The summed E-state index contributed by atoms with van der Waals surface area (Å²) in [5, 5.41) is 5.43. The molecule has 5 nitrogen and oxygen atoms in total. The molecule has 9 heteroatoms. The second kappa shape index (κ2) is 7.49. The van der Waals surface area contributed by atoms with E-state index in [2.05, 4.69) is 20.6 Å². The number of benzene rings is 1. The van der Waals surface area contributed by atoms with Gasteiger partial charge in [0.25, 0.3) is 5.91 Å². The predicted molar refractivity (Wildman–Crippen MR) is 91.5 cm³/mol. The first-order valence-electron chi connectivity index (χ1n) is 8.09. The van der Waals surface area contributed by atoms with Crippen molar-refractivity contribution in [2.24, 2.45) is 0 Å². The summed E-state index contributed by atoms with van der Waals surface area (Å²) < 4.78 is 39.5. The summed E-state index contributed by atoms with van der Waals surface area (Å²) in [4.78, 5) is 20.0. The van der Waals surface area contributed by atoms with E-state index in [4.69, 9.17) is 11.6 Å². The Morgan fingerprint density at radius 2 is 1.88 bits per heavy atom. The zero-order valence-electron chi connectivity index (χ0n) is 13.6. The molecule has 26 heavy (non-hydrogen) atoms. The first-order chi connectivity index (χ1) is 12.3. The monoisotopic (exact) mass is 384 g/mol. The van der Waals surface area contributed by atoms with Crippen LogP contribution in [0.3, 0.4) is 0 Å². The van der Waals surface area contributed by atoms with Gasteiger partial charge in [-0.15, -0.1) is 0 Å². The number of nitrogens with one attached hydrogen (secondary N) is 2. The summed E-state index contributed by atoms with van der Waals surface area (Å²) in [6.45, 7) is 0. The normalized spacial score (nSPS) is 15.1. The van der Waals surface area contributed by atoms with Crippen molar-refractivity contribution in [2.45, 2.75) is 37.9 Å². The van der Waals surface area contributed by atoms with Crippen LogP contribution in [0.4, 0.5) is 24.7 Å². The number of hydrogen-bond donors (Lipinski definition) is 2. The lowest BCUT2D eigenvalue weighted by Gasteiger charge is -2.15. The second-order valence-electron chi connectivity index (χ2n) is 6.06. The molecule has 2 aromatic rings. The summed E-state index contributed by atoms with van der Waals surface area (Å²) in [6.07, 6.45) is 0.526. The molecule has 0 aliphatic heterocycles. The van der Waals surface area contributed by atoms with Crippen molar-refractivity contribution in [3.8, 4) is 0 Å². The molecule has 1 aromatic carbocycles. The molecule has 0 unspecified atom stereocenters. The van der Waals surface area contributed by atoms with Gasteiger partial charge >= 0.3 is 6.18 Å². The summed E-state index contributed by atoms with van der Waals surface area (Å²) in [7, 11) is 0. The van der Waals surface area contributed by atoms with Gasteiger partial charge in [0.1, 0.15) is 17.8 Å². The molecular weight excluding hydrogens is 369 g/mol. The molecule has 1 heterocycles. The third kappa shape index (κ3) is 4.43. The molecule has 1 saturated carbocycles. The highest BCUT2D eigenvalue weighted by molar-refractivity contribution is 6.30. The Hall–Kier alpha value is -2.35. The number of anilines is 2. The summed E-state index contributed by atoms with van der Waals surface area (Å²) in [5.74, 6) is -0.279. The Labute approximate surface area is 153 Å². The zero-order chi connectivity index (χ0) is 18.7. The predicted octanol–water partition coefficient (Wildman–Crippen LogP) is 4.56. The topological polar surface area (TPSA) is 66.9 Å². The van der Waals surface area contributed by atoms with Crippen molar-refractivity contribution >= 4 is 29.0 Å². The molecule has 1 fully saturated rings. The Bertz CT molecular complexity index is 807. The van der Waals surface area contributed by atoms with Gasteiger partial charge in [0.2, 0.25) is 0 Å². The molecule has 0 saturated heterocycles. The number of halogens is 4. The van der Waals surface area contributed by atoms with E-state index in [9.17, 15) is 18.0 Å². The van der Waals surface area contributed by atoms with Crippen LogP contribution in [0.15, 0.2) is 30.6 Å². The highest BCUT2D eigenvalue weighted by Gasteiger charge is 2.34. The van der Waals surface area contributed by atoms with Crippen LogP contribution in [0.25, 0.3) is 0 Å². The highest BCUT2D eigenvalue weighted by atomic mass is 35.5. The number of nitrogens with zero attached hydrogens (tertiary/aromatic N) is 2. The number of carbonyl (C=O) groups excluding carboxylic acids is 1. The van der Waals surface area contributed by atoms with Crippen LogP contribution in [-0.2, 0) is 6.18 Å². The van der Waals surface area contributed by atoms with Crippen LogP contribution < -0.4 is 10.6 Å². The average Bonchev–Trinajstić information content (AvgIpc) is 3.09. The standard InChI is InChI=1S/C17H16ClF3N4O/c18-10-5-6-13(12(7-10)17(19,20)21)25-15-8-14(22-9-23-15)16(26)24-11-3-1-2-4-11/h5-9,11H,1-4H2,(H,24,26)(H,22,23,25). The van der Waals surface area contributed by atoms with Crippen LogP contribution >= 0.6 is 11.6 Å². The van der Waals surface area contributed by atoms with Crippen molar-refractivity contribution in [1.29, 1.82) is 0 Å². The summed E-state index contributed by atoms with van der Waals surface area (Å²) >= 11 is 5.67. The fraction of sp³-hybridized carbons (Fsp3) is 0.353. The van der Waals surface area contributed by atoms with Gasteiger partial charge in [0.05, 0.1) is 11.3 Å². The van der Waals surface area contributed by atoms with Gasteiger partial charge < -0.3 is 10.6 Å². The van der Waals surface area contributed by atoms with Crippen LogP contribution in [0.5, 0.6) is 0 Å². The third-order valence-electron chi connectivity index (χ3n) is 4.14. The van der Waals surface area contributed by atoms with E-state index in [0.29, 0.717) is 0 Å². The maximum absolute atomic E-state index is 13.2. The number of hydrogen-bond acceptors (Lipinski definition) is 4. The van der Waals surface area contributed by atoms with Crippen molar-refractivity contribution in [3.05, 3.63) is 46.9 Å². The molecule has 0 atom stereocenters. The molecule has 3 rings (SSSR count). The Kier molecular flexibility index (Phi) is 5.31. The number of aromatic nitrogens is 2. The van der Waals surface area contributed by atoms with E-state index in [-0.39, 0.29) is 34.2 Å². The van der Waals surface area contributed by atoms with Crippen molar-refractivity contribution in [1.82, 2.24) is 15.3 Å². The molecule has 1 aromatic heterocycles. The Balaban J connectivity index is 1.80. The van der Waals surface area contributed by atoms with E-state index in [1.165, 1.54) is 18.2 Å². The molecule has 1 aliphatic rings. The zero-order valence-corrected chi connectivity index (χ0v) is 14.4. The lowest BCUT2D eigenvalue weighted by molar-refractivity contribution is -0.136. The van der Waals surface area contributed by atoms with Crippen molar-refractivity contribution in [3.63, 3.8) is 0 Å². The number of rotatable bonds is 4. The summed E-state index contributed by atoms with van der Waals surface area (Å²) in [6, 6.07) is 4.82. The number of alkyl halides is 3. The van der Waals surface area contributed by atoms with Gasteiger partial charge in [-0.1, -0.05) is 24.4 Å². The second-order valence-corrected chi connectivity index (χ2v) is 6.49. The Morgan fingerprint density at radius 3 is 2.58 bits per heavy atom. The van der Waals surface area contributed by atoms with E-state index in [1.54, 1.807) is 0 Å². The molecular formula is C17H16ClF3N4O. The SMILES string of the molecule is O=C(NC1CCCC1)c1cc(Nc2ccc(Cl)cc2C(F)(F)F)ncn1. The van der Waals surface area contributed by atoms with Crippen LogP contribution in [-0.4, -0.2) is 21.9 Å². The number of amides is 1. The average molecular weight is 385 g/mol. The van der Waals surface area contributed by atoms with E-state index >= 15 is 0 Å². The molecule has 0 radical (unpaired) electrons. The van der Waals surface area contributed by atoms with Crippen molar-refractivity contribution in [2.75, 3.05) is 5.32 Å². The molecule has 0 spiro atoms. The molecule has 1 amide bonds. The minimum atomic E-state index is -4.58. The van der Waals surface area contributed by atoms with Crippen LogP contribution in [0.1, 0.15) is 41.7 Å². The van der Waals surface area contributed by atoms with Gasteiger partial charge in [-0.05, 0) is 31.0 Å². The maximum atomic E-state index is 13.2. The van der Waals surface area contributed by atoms with Gasteiger partial charge in [0.15, 0.2) is 0 Å². The largest absolute Gasteiger partial charge is 0.418 e. The van der Waals surface area contributed by atoms with Gasteiger partial charge in [0, 0.05) is 17.1 Å². The number of carbonyl (C=O) groups is 1. The highest BCUT2D eigenvalue weighted by Crippen LogP contribution is 2.37. The van der Waals surface area contributed by atoms with Crippen LogP contribution in [0.2, 0.25) is 5.02 Å². The van der Waals surface area contributed by atoms with Crippen molar-refractivity contribution < 1.29 is 18.0 Å². The molecule has 2 N–H and O–H groups in total. The molecule has 1 aliphatic carbocycles. The lowest BCUT2D eigenvalue weighted by atomic mass is 10.1. The van der Waals surface area contributed by atoms with E-state index in [1.807, 2.05) is 0 Å². The van der Waals surface area contributed by atoms with Gasteiger partial charge in [-0.25, -0.2) is 9.97 Å². The minimum Gasteiger partial charge on any atom is -0.348 e. The molecule has 138 valence electrons. The first-order valence-corrected chi connectivity index (χ1v) is 8.47. The van der Waals surface area contributed by atoms with E-state index < -0.39 is 11.7 Å². The van der Waals surface area contributed by atoms with Gasteiger partial charge in [-0.3, -0.25) is 4.79 Å². The van der Waals surface area contributed by atoms with E-state index in [0.717, 1.165) is 38.1 Å². The maximum Gasteiger partial charge on any atom is 0.418 e. The quantitative estimate of drug-likeness (QED) is 0.810. The fourth-order valence-corrected chi connectivity index (χ4v) is 3.05. The third-order valence-corrected chi connectivity index (χ3v) is 4.37. The smallest absolute Gasteiger partial charge is 0.348 e. The summed E-state index contributed by atoms with van der Waals surface area (Å²) in [5.41, 5.74) is -1.03. The molecule has 0 bridgehead atoms. The minimum absolute atomic E-state index is 0.0257.